The maximum Gasteiger partial charge on any atom is 0.162 e. The van der Waals surface area contributed by atoms with Crippen molar-refractivity contribution in [2.75, 3.05) is 5.32 Å². The third-order valence-electron chi connectivity index (χ3n) is 3.52. The summed E-state index contributed by atoms with van der Waals surface area (Å²) in [6, 6.07) is 15.8. The molecule has 0 atom stereocenters. The summed E-state index contributed by atoms with van der Waals surface area (Å²) in [4.78, 5) is 24.4. The summed E-state index contributed by atoms with van der Waals surface area (Å²) in [5.41, 5.74) is 3.71. The molecule has 25 heavy (non-hydrogen) atoms. The third-order valence-corrected chi connectivity index (χ3v) is 3.52. The van der Waals surface area contributed by atoms with Crippen LogP contribution in [-0.4, -0.2) is 29.9 Å². The van der Waals surface area contributed by atoms with Crippen LogP contribution in [0.5, 0.6) is 0 Å². The van der Waals surface area contributed by atoms with Crippen LogP contribution in [0.2, 0.25) is 0 Å². The quantitative estimate of drug-likeness (QED) is 0.616. The van der Waals surface area contributed by atoms with E-state index in [0.717, 1.165) is 22.5 Å². The lowest BCUT2D eigenvalue weighted by atomic mass is 10.1. The molecule has 0 aliphatic rings. The minimum atomic E-state index is 0.637. The molecule has 7 nitrogen and oxygen atoms in total. The summed E-state index contributed by atoms with van der Waals surface area (Å²) in [7, 11) is 0. The van der Waals surface area contributed by atoms with Crippen molar-refractivity contribution in [1.82, 2.24) is 29.9 Å². The summed E-state index contributed by atoms with van der Waals surface area (Å²) >= 11 is 0. The van der Waals surface area contributed by atoms with Gasteiger partial charge in [-0.3, -0.25) is 0 Å². The fourth-order valence-electron chi connectivity index (χ4n) is 2.42. The van der Waals surface area contributed by atoms with Gasteiger partial charge in [-0.25, -0.2) is 29.9 Å². The van der Waals surface area contributed by atoms with E-state index in [4.69, 9.17) is 0 Å². The highest BCUT2D eigenvalue weighted by Crippen LogP contribution is 2.24. The Bertz CT molecular complexity index is 894. The molecule has 0 saturated carbocycles. The second kappa shape index (κ2) is 6.79. The Kier molecular flexibility index (Phi) is 4.03. The number of anilines is 2. The van der Waals surface area contributed by atoms with Crippen LogP contribution in [0.4, 0.5) is 11.4 Å². The van der Waals surface area contributed by atoms with E-state index in [1.54, 1.807) is 0 Å². The highest BCUT2D eigenvalue weighted by Gasteiger charge is 2.04. The van der Waals surface area contributed by atoms with Gasteiger partial charge >= 0.3 is 0 Å². The Hall–Kier alpha value is -3.74. The SMILES string of the molecule is c1cc(Nc2cccc(-c3ncncn3)c2)cc(-c2ncncn2)c1. The topological polar surface area (TPSA) is 89.4 Å². The standard InChI is InChI=1S/C18H13N7/c1-3-13(17-21-9-19-10-22-17)7-15(5-1)25-16-6-2-4-14(8-16)18-23-11-20-12-24-18/h1-12,25H. The minimum absolute atomic E-state index is 0.637. The summed E-state index contributed by atoms with van der Waals surface area (Å²) in [5.74, 6) is 1.27. The van der Waals surface area contributed by atoms with Gasteiger partial charge in [-0.2, -0.15) is 0 Å². The second-order valence-electron chi connectivity index (χ2n) is 5.21. The number of hydrogen-bond acceptors (Lipinski definition) is 7. The van der Waals surface area contributed by atoms with E-state index in [9.17, 15) is 0 Å². The summed E-state index contributed by atoms with van der Waals surface area (Å²) in [6.45, 7) is 0. The Balaban J connectivity index is 1.61. The fourth-order valence-corrected chi connectivity index (χ4v) is 2.42. The molecule has 120 valence electrons. The molecule has 0 fully saturated rings. The Morgan fingerprint density at radius 1 is 0.560 bits per heavy atom. The summed E-state index contributed by atoms with van der Waals surface area (Å²) < 4.78 is 0. The predicted molar refractivity (Wildman–Crippen MR) is 93.8 cm³/mol. The van der Waals surface area contributed by atoms with Gasteiger partial charge in [0.2, 0.25) is 0 Å². The van der Waals surface area contributed by atoms with Crippen molar-refractivity contribution in [3.05, 3.63) is 73.8 Å². The van der Waals surface area contributed by atoms with Gasteiger partial charge in [0, 0.05) is 22.5 Å². The van der Waals surface area contributed by atoms with Crippen molar-refractivity contribution in [2.45, 2.75) is 0 Å². The van der Waals surface area contributed by atoms with E-state index in [2.05, 4.69) is 35.2 Å². The Morgan fingerprint density at radius 2 is 1.00 bits per heavy atom. The molecule has 1 N–H and O–H groups in total. The number of hydrogen-bond donors (Lipinski definition) is 1. The zero-order chi connectivity index (χ0) is 16.9. The molecule has 2 aromatic heterocycles. The number of benzene rings is 2. The van der Waals surface area contributed by atoms with Crippen LogP contribution in [0.15, 0.2) is 73.8 Å². The zero-order valence-electron chi connectivity index (χ0n) is 13.1. The van der Waals surface area contributed by atoms with E-state index in [-0.39, 0.29) is 0 Å². The number of nitrogens with one attached hydrogen (secondary N) is 1. The van der Waals surface area contributed by atoms with Crippen LogP contribution in [0.25, 0.3) is 22.8 Å². The molecule has 0 aliphatic carbocycles. The molecule has 0 bridgehead atoms. The van der Waals surface area contributed by atoms with Crippen molar-refractivity contribution in [3.63, 3.8) is 0 Å². The van der Waals surface area contributed by atoms with E-state index in [1.807, 2.05) is 48.5 Å². The Labute approximate surface area is 143 Å². The number of aromatic nitrogens is 6. The van der Waals surface area contributed by atoms with Gasteiger partial charge < -0.3 is 5.32 Å². The first-order valence-corrected chi connectivity index (χ1v) is 7.60. The first-order valence-electron chi connectivity index (χ1n) is 7.60. The first kappa shape index (κ1) is 14.8. The fraction of sp³-hybridized carbons (Fsp3) is 0. The van der Waals surface area contributed by atoms with Gasteiger partial charge in [0.05, 0.1) is 0 Å². The molecule has 0 radical (unpaired) electrons. The lowest BCUT2D eigenvalue weighted by molar-refractivity contribution is 1.06. The van der Waals surface area contributed by atoms with Crippen molar-refractivity contribution >= 4 is 11.4 Å². The highest BCUT2D eigenvalue weighted by molar-refractivity contribution is 5.70. The molecular formula is C18H13N7. The maximum atomic E-state index is 4.18. The highest BCUT2D eigenvalue weighted by atomic mass is 15.0. The van der Waals surface area contributed by atoms with Crippen molar-refractivity contribution in [2.24, 2.45) is 0 Å². The molecule has 7 heteroatoms. The molecule has 2 heterocycles. The van der Waals surface area contributed by atoms with E-state index in [0.29, 0.717) is 11.6 Å². The average molecular weight is 327 g/mol. The van der Waals surface area contributed by atoms with Crippen molar-refractivity contribution in [3.8, 4) is 22.8 Å². The molecule has 0 amide bonds. The van der Waals surface area contributed by atoms with Gasteiger partial charge in [-0.1, -0.05) is 24.3 Å². The van der Waals surface area contributed by atoms with E-state index >= 15 is 0 Å². The van der Waals surface area contributed by atoms with E-state index in [1.165, 1.54) is 25.3 Å². The molecule has 4 rings (SSSR count). The second-order valence-corrected chi connectivity index (χ2v) is 5.21. The van der Waals surface area contributed by atoms with Crippen molar-refractivity contribution in [1.29, 1.82) is 0 Å². The molecule has 0 saturated heterocycles. The maximum absolute atomic E-state index is 4.18. The minimum Gasteiger partial charge on any atom is -0.355 e. The van der Waals surface area contributed by atoms with E-state index < -0.39 is 0 Å². The smallest absolute Gasteiger partial charge is 0.162 e. The summed E-state index contributed by atoms with van der Waals surface area (Å²) in [5, 5.41) is 3.38. The monoisotopic (exact) mass is 327 g/mol. The normalized spacial score (nSPS) is 10.4. The molecule has 0 aliphatic heterocycles. The van der Waals surface area contributed by atoms with Crippen LogP contribution < -0.4 is 5.32 Å². The average Bonchev–Trinajstić information content (AvgIpc) is 2.70. The Morgan fingerprint density at radius 3 is 1.44 bits per heavy atom. The number of nitrogens with zero attached hydrogens (tertiary/aromatic N) is 6. The zero-order valence-corrected chi connectivity index (χ0v) is 13.1. The van der Waals surface area contributed by atoms with Gasteiger partial charge in [0.15, 0.2) is 11.6 Å². The van der Waals surface area contributed by atoms with Gasteiger partial charge in [-0.15, -0.1) is 0 Å². The molecular weight excluding hydrogens is 314 g/mol. The van der Waals surface area contributed by atoms with Crippen LogP contribution in [0.3, 0.4) is 0 Å². The lowest BCUT2D eigenvalue weighted by Crippen LogP contribution is -1.94. The first-order chi connectivity index (χ1) is 12.4. The van der Waals surface area contributed by atoms with Gasteiger partial charge in [-0.05, 0) is 24.3 Å². The molecule has 2 aromatic carbocycles. The summed E-state index contributed by atoms with van der Waals surface area (Å²) in [6.07, 6.45) is 5.95. The molecule has 4 aromatic rings. The number of rotatable bonds is 4. The molecule has 0 spiro atoms. The van der Waals surface area contributed by atoms with Gasteiger partial charge in [0.1, 0.15) is 25.3 Å². The lowest BCUT2D eigenvalue weighted by Gasteiger charge is -2.09. The van der Waals surface area contributed by atoms with Crippen molar-refractivity contribution < 1.29 is 0 Å². The van der Waals surface area contributed by atoms with Crippen LogP contribution in [0, 0.1) is 0 Å². The van der Waals surface area contributed by atoms with Gasteiger partial charge in [0.25, 0.3) is 0 Å². The van der Waals surface area contributed by atoms with Crippen LogP contribution >= 0.6 is 0 Å². The third kappa shape index (κ3) is 3.45. The molecule has 0 unspecified atom stereocenters. The largest absolute Gasteiger partial charge is 0.355 e. The van der Waals surface area contributed by atoms with Crippen LogP contribution in [-0.2, 0) is 0 Å². The predicted octanol–water partition coefficient (Wildman–Crippen LogP) is 3.13. The van der Waals surface area contributed by atoms with Crippen LogP contribution in [0.1, 0.15) is 0 Å².